The van der Waals surface area contributed by atoms with Crippen LogP contribution in [0.2, 0.25) is 0 Å². The molecule has 2 unspecified atom stereocenters. The Labute approximate surface area is 271 Å². The first-order valence-corrected chi connectivity index (χ1v) is 18.5. The molecule has 0 amide bonds. The smallest absolute Gasteiger partial charge is 0.253 e. The van der Waals surface area contributed by atoms with Gasteiger partial charge in [-0.15, -0.1) is 4.83 Å². The number of sulfonamides is 1. The monoisotopic (exact) mass is 674 g/mol. The predicted molar refractivity (Wildman–Crippen MR) is 172 cm³/mol. The van der Waals surface area contributed by atoms with E-state index in [0.717, 1.165) is 16.7 Å². The molecule has 2 aliphatic rings. The van der Waals surface area contributed by atoms with Crippen molar-refractivity contribution in [2.45, 2.75) is 81.5 Å². The van der Waals surface area contributed by atoms with Gasteiger partial charge in [-0.05, 0) is 44.0 Å². The summed E-state index contributed by atoms with van der Waals surface area (Å²) in [7, 11) is -6.69. The Bertz CT molecular complexity index is 1580. The van der Waals surface area contributed by atoms with Gasteiger partial charge in [0, 0.05) is 13.3 Å². The molecule has 0 saturated carbocycles. The van der Waals surface area contributed by atoms with Gasteiger partial charge in [-0.25, -0.2) is 13.8 Å². The highest BCUT2D eigenvalue weighted by Crippen LogP contribution is 2.61. The van der Waals surface area contributed by atoms with Crippen LogP contribution < -0.4 is 10.3 Å². The van der Waals surface area contributed by atoms with E-state index in [0.29, 0.717) is 0 Å². The lowest BCUT2D eigenvalue weighted by molar-refractivity contribution is -0.227. The van der Waals surface area contributed by atoms with Gasteiger partial charge < -0.3 is 28.2 Å². The molecule has 2 fully saturated rings. The van der Waals surface area contributed by atoms with Crippen LogP contribution in [0.25, 0.3) is 0 Å². The summed E-state index contributed by atoms with van der Waals surface area (Å²) < 4.78 is 79.6. The van der Waals surface area contributed by atoms with Gasteiger partial charge in [0.2, 0.25) is 7.37 Å². The number of aryl methyl sites for hydroxylation is 1. The third-order valence-electron chi connectivity index (χ3n) is 8.23. The van der Waals surface area contributed by atoms with Crippen LogP contribution in [0.1, 0.15) is 37.5 Å². The fourth-order valence-electron chi connectivity index (χ4n) is 5.78. The van der Waals surface area contributed by atoms with E-state index in [2.05, 4.69) is 10.3 Å². The summed E-state index contributed by atoms with van der Waals surface area (Å²) in [5, 5.41) is -1.80. The predicted octanol–water partition coefficient (Wildman–Crippen LogP) is 5.10. The van der Waals surface area contributed by atoms with Crippen molar-refractivity contribution in [2.24, 2.45) is 0 Å². The zero-order chi connectivity index (χ0) is 33.0. The largest absolute Gasteiger partial charge is 0.374 e. The summed E-state index contributed by atoms with van der Waals surface area (Å²) >= 11 is 0. The second-order valence-electron chi connectivity index (χ2n) is 11.9. The fourth-order valence-corrected chi connectivity index (χ4v) is 9.05. The van der Waals surface area contributed by atoms with Crippen LogP contribution in [0.15, 0.2) is 89.8 Å². The van der Waals surface area contributed by atoms with Crippen LogP contribution in [-0.4, -0.2) is 64.0 Å². The molecule has 2 saturated heterocycles. The van der Waals surface area contributed by atoms with Gasteiger partial charge in [-0.2, -0.15) is 0 Å². The summed E-state index contributed by atoms with van der Waals surface area (Å²) in [5.74, 6) is -0.975. The fraction of sp³-hybridized carbons (Fsp3) is 0.455. The number of benzene rings is 3. The molecule has 0 spiro atoms. The normalized spacial score (nSPS) is 25.1. The van der Waals surface area contributed by atoms with E-state index in [1.54, 1.807) is 32.9 Å². The van der Waals surface area contributed by atoms with Crippen molar-refractivity contribution in [1.82, 2.24) is 10.3 Å². The molecule has 3 aromatic rings. The number of hydrazine groups is 1. The summed E-state index contributed by atoms with van der Waals surface area (Å²) in [6.45, 7) is 7.16. The van der Waals surface area contributed by atoms with Crippen molar-refractivity contribution in [3.05, 3.63) is 102 Å². The highest BCUT2D eigenvalue weighted by atomic mass is 32.2. The van der Waals surface area contributed by atoms with Gasteiger partial charge >= 0.3 is 0 Å². The number of hydrogen-bond donors (Lipinski definition) is 2. The molecule has 2 aliphatic heterocycles. The van der Waals surface area contributed by atoms with Crippen LogP contribution in [0, 0.1) is 6.92 Å². The molecule has 0 radical (unpaired) electrons. The highest BCUT2D eigenvalue weighted by Gasteiger charge is 2.66. The number of nitrogens with one attached hydrogen (secondary N) is 2. The average Bonchev–Trinajstić information content (AvgIpc) is 3.54. The molecule has 5 rings (SSSR count). The number of fused-ring (bicyclic) bond motifs is 1. The minimum atomic E-state index is -4.16. The van der Waals surface area contributed by atoms with E-state index in [9.17, 15) is 13.0 Å². The topological polar surface area (TPSA) is 131 Å². The quantitative estimate of drug-likeness (QED) is 0.166. The van der Waals surface area contributed by atoms with Crippen molar-refractivity contribution >= 4 is 17.4 Å². The minimum Gasteiger partial charge on any atom is -0.374 e. The lowest BCUT2D eigenvalue weighted by Crippen LogP contribution is -2.66. The van der Waals surface area contributed by atoms with E-state index in [1.165, 1.54) is 19.2 Å². The lowest BCUT2D eigenvalue weighted by atomic mass is 10.0. The summed E-state index contributed by atoms with van der Waals surface area (Å²) in [6.07, 6.45) is -3.60. The number of hydrogen-bond acceptors (Lipinski definition) is 10. The van der Waals surface area contributed by atoms with Crippen molar-refractivity contribution in [3.8, 4) is 0 Å². The minimum absolute atomic E-state index is 0.0166. The standard InChI is InChI=1S/C33H43N2O9PS/c1-6-45(36,39-5)33(23-40-21-25-13-9-7-10-14-25,34-35-46(37,38)27-19-17-24(2)18-20-27)30-28(41-22-26-15-11-8-12-16-26)29-31(42-30)44-32(3,4)43-29/h7-20,28-31,34-35H,6,21-23H2,1-5H3/t28-,29-,30+,31-,33?,45?/m1/s1. The maximum Gasteiger partial charge on any atom is 0.253 e. The van der Waals surface area contributed by atoms with Crippen LogP contribution in [0.3, 0.4) is 0 Å². The molecule has 0 aliphatic carbocycles. The first-order valence-electron chi connectivity index (χ1n) is 15.2. The molecule has 0 aromatic heterocycles. The molecular weight excluding hydrogens is 631 g/mol. The van der Waals surface area contributed by atoms with Gasteiger partial charge in [0.05, 0.1) is 24.7 Å². The maximum atomic E-state index is 15.0. The second-order valence-corrected chi connectivity index (χ2v) is 16.7. The average molecular weight is 675 g/mol. The Kier molecular flexibility index (Phi) is 10.9. The number of rotatable bonds is 15. The maximum absolute atomic E-state index is 15.0. The summed E-state index contributed by atoms with van der Waals surface area (Å²) in [6, 6.07) is 25.4. The SMILES string of the molecule is CCP(=O)(OC)C(COCc1ccccc1)(NNS(=O)(=O)c1ccc(C)cc1)[C@H]1O[C@@H]2OC(C)(C)O[C@@H]2[C@H]1OCc1ccccc1. The summed E-state index contributed by atoms with van der Waals surface area (Å²) in [4.78, 5) is 2.50. The van der Waals surface area contributed by atoms with Crippen LogP contribution in [0.5, 0.6) is 0 Å². The van der Waals surface area contributed by atoms with Crippen LogP contribution in [0.4, 0.5) is 0 Å². The molecule has 2 heterocycles. The van der Waals surface area contributed by atoms with Crippen molar-refractivity contribution in [1.29, 1.82) is 0 Å². The van der Waals surface area contributed by atoms with E-state index in [1.807, 2.05) is 67.6 Å². The number of ether oxygens (including phenoxy) is 5. The third kappa shape index (κ3) is 7.47. The van der Waals surface area contributed by atoms with E-state index in [4.69, 9.17) is 28.2 Å². The van der Waals surface area contributed by atoms with Crippen molar-refractivity contribution in [3.63, 3.8) is 0 Å². The Morgan fingerprint density at radius 2 is 1.52 bits per heavy atom. The molecule has 11 nitrogen and oxygen atoms in total. The highest BCUT2D eigenvalue weighted by molar-refractivity contribution is 7.89. The first-order chi connectivity index (χ1) is 21.9. The zero-order valence-corrected chi connectivity index (χ0v) is 28.5. The Hall–Kier alpha value is -2.48. The summed E-state index contributed by atoms with van der Waals surface area (Å²) in [5.41, 5.74) is 5.59. The molecule has 0 bridgehead atoms. The van der Waals surface area contributed by atoms with E-state index >= 15 is 0 Å². The van der Waals surface area contributed by atoms with Gasteiger partial charge in [0.25, 0.3) is 10.0 Å². The molecule has 6 atom stereocenters. The van der Waals surface area contributed by atoms with Gasteiger partial charge in [-0.1, -0.05) is 85.3 Å². The molecule has 13 heteroatoms. The Morgan fingerprint density at radius 3 is 2.11 bits per heavy atom. The molecule has 250 valence electrons. The molecule has 3 aromatic carbocycles. The van der Waals surface area contributed by atoms with Crippen molar-refractivity contribution in [2.75, 3.05) is 19.9 Å². The second kappa shape index (κ2) is 14.3. The molecule has 46 heavy (non-hydrogen) atoms. The van der Waals surface area contributed by atoms with Gasteiger partial charge in [0.15, 0.2) is 17.4 Å². The third-order valence-corrected chi connectivity index (χ3v) is 12.6. The molecule has 2 N–H and O–H groups in total. The van der Waals surface area contributed by atoms with Gasteiger partial charge in [0.1, 0.15) is 18.3 Å². The van der Waals surface area contributed by atoms with Crippen molar-refractivity contribution < 1.29 is 41.2 Å². The lowest BCUT2D eigenvalue weighted by Gasteiger charge is -2.45. The van der Waals surface area contributed by atoms with E-state index in [-0.39, 0.29) is 30.9 Å². The Balaban J connectivity index is 1.56. The van der Waals surface area contributed by atoms with Crippen LogP contribution >= 0.6 is 7.37 Å². The zero-order valence-electron chi connectivity index (χ0n) is 26.8. The van der Waals surface area contributed by atoms with Gasteiger partial charge in [-0.3, -0.25) is 4.57 Å². The van der Waals surface area contributed by atoms with Crippen LogP contribution in [-0.2, 0) is 56.0 Å². The first kappa shape index (κ1) is 34.8. The van der Waals surface area contributed by atoms with E-state index < -0.39 is 53.1 Å². The molecular formula is C33H43N2O9PS. The Morgan fingerprint density at radius 1 is 0.913 bits per heavy atom.